The average Bonchev–Trinajstić information content (AvgIpc) is 2.98. The third-order valence-electron chi connectivity index (χ3n) is 5.28. The number of aryl methyl sites for hydroxylation is 1. The van der Waals surface area contributed by atoms with Gasteiger partial charge in [-0.15, -0.1) is 0 Å². The maximum Gasteiger partial charge on any atom is 0.331 e. The van der Waals surface area contributed by atoms with Gasteiger partial charge >= 0.3 is 6.03 Å². The van der Waals surface area contributed by atoms with Gasteiger partial charge in [-0.25, -0.2) is 4.79 Å². The fraction of sp³-hybridized carbons (Fsp3) is 0.348. The summed E-state index contributed by atoms with van der Waals surface area (Å²) in [5.41, 5.74) is 3.50. The highest BCUT2D eigenvalue weighted by Gasteiger charge is 2.35. The standard InChI is InChI=1S/C23H26ClN3O3/c1-4-5-6-7-12-26-22(29)20(21(28)25-23(26)30)14-17-13-15(2)27(16(17)3)19-10-8-18(24)9-11-19/h8-11,13-14H,4-7,12H2,1-3H3,(H,25,28,30)/b20-14-. The molecule has 2 heterocycles. The van der Waals surface area contributed by atoms with E-state index in [0.29, 0.717) is 11.6 Å². The highest BCUT2D eigenvalue weighted by atomic mass is 35.5. The summed E-state index contributed by atoms with van der Waals surface area (Å²) >= 11 is 5.99. The number of nitrogens with one attached hydrogen (secondary N) is 1. The van der Waals surface area contributed by atoms with Crippen LogP contribution >= 0.6 is 11.6 Å². The van der Waals surface area contributed by atoms with Crippen molar-refractivity contribution < 1.29 is 14.4 Å². The van der Waals surface area contributed by atoms with E-state index in [-0.39, 0.29) is 5.57 Å². The molecule has 1 aromatic heterocycles. The van der Waals surface area contributed by atoms with Gasteiger partial charge in [-0.3, -0.25) is 19.8 Å². The molecule has 158 valence electrons. The van der Waals surface area contributed by atoms with Crippen molar-refractivity contribution in [3.63, 3.8) is 0 Å². The number of carbonyl (C=O) groups excluding carboxylic acids is 3. The van der Waals surface area contributed by atoms with Gasteiger partial charge in [-0.1, -0.05) is 37.8 Å². The summed E-state index contributed by atoms with van der Waals surface area (Å²) in [5.74, 6) is -1.21. The van der Waals surface area contributed by atoms with Crippen LogP contribution in [0.15, 0.2) is 35.9 Å². The number of hydrogen-bond acceptors (Lipinski definition) is 3. The molecule has 1 fully saturated rings. The summed E-state index contributed by atoms with van der Waals surface area (Å²) in [6.07, 6.45) is 5.33. The van der Waals surface area contributed by atoms with Gasteiger partial charge < -0.3 is 4.57 Å². The van der Waals surface area contributed by atoms with Crippen LogP contribution in [0, 0.1) is 13.8 Å². The first kappa shape index (κ1) is 21.8. The van der Waals surface area contributed by atoms with Crippen LogP contribution in [0.5, 0.6) is 0 Å². The van der Waals surface area contributed by atoms with Gasteiger partial charge in [0.2, 0.25) is 0 Å². The number of imide groups is 2. The maximum atomic E-state index is 12.9. The van der Waals surface area contributed by atoms with Crippen LogP contribution < -0.4 is 5.32 Å². The van der Waals surface area contributed by atoms with Gasteiger partial charge in [-0.05, 0) is 62.2 Å². The summed E-state index contributed by atoms with van der Waals surface area (Å²) < 4.78 is 2.03. The van der Waals surface area contributed by atoms with Crippen molar-refractivity contribution in [2.45, 2.75) is 46.5 Å². The Morgan fingerprint density at radius 1 is 1.03 bits per heavy atom. The second-order valence-corrected chi connectivity index (χ2v) is 7.91. The maximum absolute atomic E-state index is 12.9. The number of unbranched alkanes of at least 4 members (excludes halogenated alkanes) is 3. The second-order valence-electron chi connectivity index (χ2n) is 7.47. The lowest BCUT2D eigenvalue weighted by Gasteiger charge is -2.26. The molecule has 0 aliphatic carbocycles. The number of nitrogens with zero attached hydrogens (tertiary/aromatic N) is 2. The molecule has 1 N–H and O–H groups in total. The number of aromatic nitrogens is 1. The molecule has 3 rings (SSSR count). The van der Waals surface area contributed by atoms with E-state index in [2.05, 4.69) is 12.2 Å². The van der Waals surface area contributed by atoms with Crippen molar-refractivity contribution in [3.8, 4) is 5.69 Å². The van der Waals surface area contributed by atoms with Crippen LogP contribution in [0.4, 0.5) is 4.79 Å². The molecule has 0 saturated carbocycles. The van der Waals surface area contributed by atoms with Gasteiger partial charge in [0.1, 0.15) is 5.57 Å². The van der Waals surface area contributed by atoms with E-state index in [1.807, 2.05) is 48.7 Å². The third-order valence-corrected chi connectivity index (χ3v) is 5.53. The minimum Gasteiger partial charge on any atom is -0.318 e. The Bertz CT molecular complexity index is 1010. The molecule has 1 saturated heterocycles. The number of urea groups is 1. The van der Waals surface area contributed by atoms with Gasteiger partial charge in [0.15, 0.2) is 0 Å². The molecule has 2 aromatic rings. The number of benzene rings is 1. The first-order valence-electron chi connectivity index (χ1n) is 10.2. The van der Waals surface area contributed by atoms with Crippen molar-refractivity contribution in [2.24, 2.45) is 0 Å². The first-order valence-corrected chi connectivity index (χ1v) is 10.5. The highest BCUT2D eigenvalue weighted by Crippen LogP contribution is 2.25. The molecule has 30 heavy (non-hydrogen) atoms. The fourth-order valence-electron chi connectivity index (χ4n) is 3.67. The molecular weight excluding hydrogens is 402 g/mol. The highest BCUT2D eigenvalue weighted by molar-refractivity contribution is 6.31. The monoisotopic (exact) mass is 427 g/mol. The van der Waals surface area contributed by atoms with Crippen molar-refractivity contribution in [1.82, 2.24) is 14.8 Å². The number of rotatable bonds is 7. The Balaban J connectivity index is 1.90. The van der Waals surface area contributed by atoms with Crippen LogP contribution in [0.2, 0.25) is 5.02 Å². The van der Waals surface area contributed by atoms with Crippen LogP contribution in [-0.2, 0) is 9.59 Å². The van der Waals surface area contributed by atoms with Crippen LogP contribution in [0.25, 0.3) is 11.8 Å². The van der Waals surface area contributed by atoms with Crippen LogP contribution in [0.3, 0.4) is 0 Å². The summed E-state index contributed by atoms with van der Waals surface area (Å²) in [7, 11) is 0. The van der Waals surface area contributed by atoms with Crippen LogP contribution in [-0.4, -0.2) is 33.9 Å². The quantitative estimate of drug-likeness (QED) is 0.392. The molecule has 0 bridgehead atoms. The van der Waals surface area contributed by atoms with E-state index in [9.17, 15) is 14.4 Å². The third kappa shape index (κ3) is 4.49. The van der Waals surface area contributed by atoms with Gasteiger partial charge in [0.25, 0.3) is 11.8 Å². The molecule has 0 atom stereocenters. The Kier molecular flexibility index (Phi) is 6.77. The molecule has 0 radical (unpaired) electrons. The van der Waals surface area contributed by atoms with Gasteiger partial charge in [-0.2, -0.15) is 0 Å². The number of barbiturate groups is 1. The lowest BCUT2D eigenvalue weighted by Crippen LogP contribution is -2.54. The lowest BCUT2D eigenvalue weighted by atomic mass is 10.1. The molecule has 1 aliphatic heterocycles. The Morgan fingerprint density at radius 3 is 2.40 bits per heavy atom. The van der Waals surface area contributed by atoms with Crippen molar-refractivity contribution in [2.75, 3.05) is 6.54 Å². The second kappa shape index (κ2) is 9.30. The van der Waals surface area contributed by atoms with E-state index in [1.165, 1.54) is 0 Å². The van der Waals surface area contributed by atoms with E-state index in [1.54, 1.807) is 6.08 Å². The smallest absolute Gasteiger partial charge is 0.318 e. The van der Waals surface area contributed by atoms with Crippen molar-refractivity contribution in [1.29, 1.82) is 0 Å². The number of halogens is 1. The molecule has 4 amide bonds. The Labute approximate surface area is 181 Å². The molecule has 6 nitrogen and oxygen atoms in total. The summed E-state index contributed by atoms with van der Waals surface area (Å²) in [4.78, 5) is 38.5. The zero-order valence-corrected chi connectivity index (χ0v) is 18.3. The molecule has 0 unspecified atom stereocenters. The largest absolute Gasteiger partial charge is 0.331 e. The van der Waals surface area contributed by atoms with E-state index < -0.39 is 17.8 Å². The van der Waals surface area contributed by atoms with Crippen molar-refractivity contribution in [3.05, 3.63) is 57.9 Å². The average molecular weight is 428 g/mol. The molecule has 1 aromatic carbocycles. The van der Waals surface area contributed by atoms with Crippen molar-refractivity contribution >= 4 is 35.5 Å². The number of hydrogen-bond donors (Lipinski definition) is 1. The molecule has 7 heteroatoms. The topological polar surface area (TPSA) is 71.4 Å². The van der Waals surface area contributed by atoms with E-state index in [0.717, 1.165) is 53.2 Å². The van der Waals surface area contributed by atoms with Crippen LogP contribution in [0.1, 0.15) is 49.6 Å². The summed E-state index contributed by atoms with van der Waals surface area (Å²) in [6.45, 7) is 6.28. The SMILES string of the molecule is CCCCCCN1C(=O)NC(=O)/C(=C/c2cc(C)n(-c3ccc(Cl)cc3)c2C)C1=O. The number of amides is 4. The normalized spacial score (nSPS) is 15.8. The van der Waals surface area contributed by atoms with Gasteiger partial charge in [0.05, 0.1) is 0 Å². The molecular formula is C23H26ClN3O3. The summed E-state index contributed by atoms with van der Waals surface area (Å²) in [5, 5.41) is 2.94. The van der Waals surface area contributed by atoms with E-state index in [4.69, 9.17) is 11.6 Å². The summed E-state index contributed by atoms with van der Waals surface area (Å²) in [6, 6.07) is 8.72. The minimum atomic E-state index is -0.661. The first-order chi connectivity index (χ1) is 14.3. The Hall–Kier alpha value is -2.86. The molecule has 0 spiro atoms. The number of carbonyl (C=O) groups is 3. The predicted molar refractivity (Wildman–Crippen MR) is 118 cm³/mol. The molecule has 1 aliphatic rings. The zero-order valence-electron chi connectivity index (χ0n) is 17.5. The zero-order chi connectivity index (χ0) is 21.8. The Morgan fingerprint density at radius 2 is 1.73 bits per heavy atom. The van der Waals surface area contributed by atoms with Gasteiger partial charge in [0, 0.05) is 28.6 Å². The fourth-order valence-corrected chi connectivity index (χ4v) is 3.80. The van der Waals surface area contributed by atoms with E-state index >= 15 is 0 Å². The lowest BCUT2D eigenvalue weighted by molar-refractivity contribution is -0.130. The minimum absolute atomic E-state index is 0.0264. The predicted octanol–water partition coefficient (Wildman–Crippen LogP) is 4.79.